The summed E-state index contributed by atoms with van der Waals surface area (Å²) in [6.45, 7) is 3.14. The molecule has 0 aliphatic carbocycles. The first-order valence-corrected chi connectivity index (χ1v) is 8.93. The molecule has 26 heavy (non-hydrogen) atoms. The minimum absolute atomic E-state index is 0.148. The monoisotopic (exact) mass is 381 g/mol. The number of piperidine rings is 1. The Balaban J connectivity index is 2.07. The van der Waals surface area contributed by atoms with Gasteiger partial charge in [0.2, 0.25) is 5.91 Å². The average molecular weight is 382 g/mol. The SMILES string of the molecule is CCOC(=O)C1CCCN(C(=O)C=Cc2cc(Cl)c(OC)c(OC)c2)C1. The van der Waals surface area contributed by atoms with Crippen molar-refractivity contribution in [3.63, 3.8) is 0 Å². The fourth-order valence-electron chi connectivity index (χ4n) is 2.94. The van der Waals surface area contributed by atoms with Crippen molar-refractivity contribution in [2.24, 2.45) is 5.92 Å². The molecule has 1 aliphatic rings. The van der Waals surface area contributed by atoms with Gasteiger partial charge in [-0.2, -0.15) is 0 Å². The van der Waals surface area contributed by atoms with E-state index in [1.807, 2.05) is 0 Å². The van der Waals surface area contributed by atoms with E-state index in [9.17, 15) is 9.59 Å². The Morgan fingerprint density at radius 3 is 2.73 bits per heavy atom. The van der Waals surface area contributed by atoms with Crippen molar-refractivity contribution in [2.45, 2.75) is 19.8 Å². The molecular formula is C19H24ClNO5. The third-order valence-corrected chi connectivity index (χ3v) is 4.51. The van der Waals surface area contributed by atoms with Crippen LogP contribution in [-0.2, 0) is 14.3 Å². The van der Waals surface area contributed by atoms with Gasteiger partial charge < -0.3 is 19.1 Å². The Kier molecular flexibility index (Phi) is 7.33. The van der Waals surface area contributed by atoms with Crippen LogP contribution in [0.1, 0.15) is 25.3 Å². The van der Waals surface area contributed by atoms with Gasteiger partial charge in [-0.1, -0.05) is 11.6 Å². The Bertz CT molecular complexity index is 689. The molecule has 0 saturated carbocycles. The highest BCUT2D eigenvalue weighted by molar-refractivity contribution is 6.32. The van der Waals surface area contributed by atoms with Gasteiger partial charge >= 0.3 is 5.97 Å². The smallest absolute Gasteiger partial charge is 0.310 e. The molecule has 0 aromatic heterocycles. The highest BCUT2D eigenvalue weighted by Crippen LogP contribution is 2.36. The van der Waals surface area contributed by atoms with E-state index in [1.54, 1.807) is 30.0 Å². The molecule has 1 atom stereocenters. The number of halogens is 1. The standard InChI is InChI=1S/C19H24ClNO5/c1-4-26-19(23)14-6-5-9-21(12-14)17(22)8-7-13-10-15(20)18(25-3)16(11-13)24-2/h7-8,10-11,14H,4-6,9,12H2,1-3H3. The zero-order chi connectivity index (χ0) is 19.1. The molecule has 0 N–H and O–H groups in total. The van der Waals surface area contributed by atoms with Gasteiger partial charge in [0.25, 0.3) is 0 Å². The summed E-state index contributed by atoms with van der Waals surface area (Å²) in [7, 11) is 3.04. The van der Waals surface area contributed by atoms with Gasteiger partial charge in [0.15, 0.2) is 11.5 Å². The molecule has 1 aromatic rings. The first-order chi connectivity index (χ1) is 12.5. The fourth-order valence-corrected chi connectivity index (χ4v) is 3.23. The summed E-state index contributed by atoms with van der Waals surface area (Å²) in [5.41, 5.74) is 0.722. The molecule has 1 heterocycles. The average Bonchev–Trinajstić information content (AvgIpc) is 2.65. The molecule has 2 rings (SSSR count). The molecule has 1 saturated heterocycles. The van der Waals surface area contributed by atoms with Gasteiger partial charge in [-0.05, 0) is 43.5 Å². The Morgan fingerprint density at radius 1 is 1.31 bits per heavy atom. The second kappa shape index (κ2) is 9.48. The van der Waals surface area contributed by atoms with Crippen molar-refractivity contribution in [3.8, 4) is 11.5 Å². The van der Waals surface area contributed by atoms with Crippen LogP contribution in [0.5, 0.6) is 11.5 Å². The number of likely N-dealkylation sites (tertiary alicyclic amines) is 1. The molecule has 142 valence electrons. The zero-order valence-electron chi connectivity index (χ0n) is 15.3. The quantitative estimate of drug-likeness (QED) is 0.559. The first-order valence-electron chi connectivity index (χ1n) is 8.55. The van der Waals surface area contributed by atoms with Gasteiger partial charge in [0, 0.05) is 19.2 Å². The second-order valence-electron chi connectivity index (χ2n) is 5.95. The number of methoxy groups -OCH3 is 2. The van der Waals surface area contributed by atoms with Crippen LogP contribution in [0.15, 0.2) is 18.2 Å². The van der Waals surface area contributed by atoms with E-state index in [0.717, 1.165) is 18.4 Å². The molecule has 0 radical (unpaired) electrons. The number of ether oxygens (including phenoxy) is 3. The van der Waals surface area contributed by atoms with Crippen molar-refractivity contribution < 1.29 is 23.8 Å². The normalized spacial score (nSPS) is 17.2. The third kappa shape index (κ3) is 4.91. The number of carbonyl (C=O) groups excluding carboxylic acids is 2. The molecule has 6 nitrogen and oxygen atoms in total. The molecule has 0 spiro atoms. The molecule has 1 amide bonds. The molecular weight excluding hydrogens is 358 g/mol. The highest BCUT2D eigenvalue weighted by atomic mass is 35.5. The second-order valence-corrected chi connectivity index (χ2v) is 6.35. The summed E-state index contributed by atoms with van der Waals surface area (Å²) < 4.78 is 15.5. The van der Waals surface area contributed by atoms with Crippen LogP contribution in [0.3, 0.4) is 0 Å². The van der Waals surface area contributed by atoms with Gasteiger partial charge in [-0.3, -0.25) is 9.59 Å². The largest absolute Gasteiger partial charge is 0.493 e. The zero-order valence-corrected chi connectivity index (χ0v) is 16.0. The van der Waals surface area contributed by atoms with Gasteiger partial charge in [-0.15, -0.1) is 0 Å². The maximum absolute atomic E-state index is 12.5. The van der Waals surface area contributed by atoms with E-state index in [-0.39, 0.29) is 17.8 Å². The van der Waals surface area contributed by atoms with Crippen LogP contribution >= 0.6 is 11.6 Å². The van der Waals surface area contributed by atoms with Crippen LogP contribution < -0.4 is 9.47 Å². The van der Waals surface area contributed by atoms with Gasteiger partial charge in [-0.25, -0.2) is 0 Å². The fraction of sp³-hybridized carbons (Fsp3) is 0.474. The van der Waals surface area contributed by atoms with Crippen LogP contribution in [0.2, 0.25) is 5.02 Å². The van der Waals surface area contributed by atoms with E-state index in [2.05, 4.69) is 0 Å². The van der Waals surface area contributed by atoms with Crippen LogP contribution in [0, 0.1) is 5.92 Å². The minimum Gasteiger partial charge on any atom is -0.493 e. The topological polar surface area (TPSA) is 65.1 Å². The summed E-state index contributed by atoms with van der Waals surface area (Å²) in [6.07, 6.45) is 4.68. The number of benzene rings is 1. The molecule has 1 fully saturated rings. The van der Waals surface area contributed by atoms with Gasteiger partial charge in [0.05, 0.1) is 31.8 Å². The number of amides is 1. The van der Waals surface area contributed by atoms with Crippen molar-refractivity contribution >= 4 is 29.6 Å². The molecule has 7 heteroatoms. The van der Waals surface area contributed by atoms with E-state index in [0.29, 0.717) is 36.2 Å². The number of nitrogens with zero attached hydrogens (tertiary/aromatic N) is 1. The van der Waals surface area contributed by atoms with Crippen LogP contribution in [0.25, 0.3) is 6.08 Å². The number of carbonyl (C=O) groups is 2. The lowest BCUT2D eigenvalue weighted by molar-refractivity contribution is -0.150. The summed E-state index contributed by atoms with van der Waals surface area (Å²) in [6, 6.07) is 3.44. The maximum Gasteiger partial charge on any atom is 0.310 e. The Labute approximate surface area is 158 Å². The third-order valence-electron chi connectivity index (χ3n) is 4.23. The molecule has 1 aromatic carbocycles. The lowest BCUT2D eigenvalue weighted by Crippen LogP contribution is -2.42. The van der Waals surface area contributed by atoms with Crippen LogP contribution in [-0.4, -0.2) is 50.7 Å². The van der Waals surface area contributed by atoms with Crippen molar-refractivity contribution in [3.05, 3.63) is 28.8 Å². The van der Waals surface area contributed by atoms with Gasteiger partial charge in [0.1, 0.15) is 0 Å². The highest BCUT2D eigenvalue weighted by Gasteiger charge is 2.28. The molecule has 1 aliphatic heterocycles. The maximum atomic E-state index is 12.5. The van der Waals surface area contributed by atoms with Crippen molar-refractivity contribution in [1.82, 2.24) is 4.90 Å². The molecule has 0 bridgehead atoms. The minimum atomic E-state index is -0.253. The number of hydrogen-bond donors (Lipinski definition) is 0. The molecule has 1 unspecified atom stereocenters. The lowest BCUT2D eigenvalue weighted by Gasteiger charge is -2.30. The number of hydrogen-bond acceptors (Lipinski definition) is 5. The van der Waals surface area contributed by atoms with Crippen molar-refractivity contribution in [1.29, 1.82) is 0 Å². The summed E-state index contributed by atoms with van der Waals surface area (Å²) in [5.74, 6) is 0.306. The summed E-state index contributed by atoms with van der Waals surface area (Å²) >= 11 is 6.18. The van der Waals surface area contributed by atoms with E-state index < -0.39 is 0 Å². The van der Waals surface area contributed by atoms with Crippen molar-refractivity contribution in [2.75, 3.05) is 33.9 Å². The van der Waals surface area contributed by atoms with E-state index in [4.69, 9.17) is 25.8 Å². The summed E-state index contributed by atoms with van der Waals surface area (Å²) in [4.78, 5) is 26.0. The predicted octanol–water partition coefficient (Wildman–Crippen LogP) is 3.17. The Hall–Kier alpha value is -2.21. The lowest BCUT2D eigenvalue weighted by atomic mass is 9.98. The number of esters is 1. The van der Waals surface area contributed by atoms with E-state index in [1.165, 1.54) is 20.3 Å². The Morgan fingerprint density at radius 2 is 2.08 bits per heavy atom. The van der Waals surface area contributed by atoms with E-state index >= 15 is 0 Å². The summed E-state index contributed by atoms with van der Waals surface area (Å²) in [5, 5.41) is 0.402. The predicted molar refractivity (Wildman–Crippen MR) is 99.5 cm³/mol. The number of rotatable bonds is 6. The van der Waals surface area contributed by atoms with Crippen LogP contribution in [0.4, 0.5) is 0 Å². The first kappa shape index (κ1) is 20.1.